The van der Waals surface area contributed by atoms with E-state index in [0.717, 1.165) is 110 Å². The maximum atomic E-state index is 6.37. The zero-order valence-electron chi connectivity index (χ0n) is 28.5. The number of furan rings is 1. The van der Waals surface area contributed by atoms with Crippen molar-refractivity contribution in [1.29, 1.82) is 0 Å². The fourth-order valence-electron chi connectivity index (χ4n) is 7.84. The summed E-state index contributed by atoms with van der Waals surface area (Å²) in [7, 11) is 0. The molecule has 4 nitrogen and oxygen atoms in total. The third-order valence-corrected chi connectivity index (χ3v) is 10.4. The molecule has 11 aromatic rings. The van der Waals surface area contributed by atoms with E-state index in [2.05, 4.69) is 140 Å². The molecule has 0 N–H and O–H groups in total. The first-order valence-electron chi connectivity index (χ1n) is 17.9. The van der Waals surface area contributed by atoms with Crippen molar-refractivity contribution in [2.75, 3.05) is 0 Å². The zero-order chi connectivity index (χ0) is 34.9. The lowest BCUT2D eigenvalue weighted by atomic mass is 9.94. The van der Waals surface area contributed by atoms with E-state index in [1.54, 1.807) is 0 Å². The minimum atomic E-state index is 0.877. The molecule has 4 heterocycles. The molecular formula is C49H29N3O. The SMILES string of the molecule is c1ccc(-c2ccc3ccc4ccc(-c5ccc(-c6ccc7nc(-c8ccccc8)c8ccc9oc%10ccccc%10c9c8c7c6)cc5)nc4c3n2)cc1. The lowest BCUT2D eigenvalue weighted by molar-refractivity contribution is 0.669. The van der Waals surface area contributed by atoms with Gasteiger partial charge in [-0.3, -0.25) is 0 Å². The Bertz CT molecular complexity index is 3200. The molecular weight excluding hydrogens is 647 g/mol. The highest BCUT2D eigenvalue weighted by Crippen LogP contribution is 2.42. The second kappa shape index (κ2) is 11.7. The van der Waals surface area contributed by atoms with Crippen LogP contribution in [-0.2, 0) is 0 Å². The van der Waals surface area contributed by atoms with Crippen LogP contribution in [0.15, 0.2) is 180 Å². The predicted molar refractivity (Wildman–Crippen MR) is 219 cm³/mol. The Morgan fingerprint density at radius 1 is 0.340 bits per heavy atom. The number of benzene rings is 7. The Kier molecular flexibility index (Phi) is 6.52. The number of rotatable bonds is 4. The van der Waals surface area contributed by atoms with E-state index in [-0.39, 0.29) is 0 Å². The maximum Gasteiger partial charge on any atom is 0.136 e. The topological polar surface area (TPSA) is 51.8 Å². The predicted octanol–water partition coefficient (Wildman–Crippen LogP) is 13.1. The molecule has 7 aromatic carbocycles. The smallest absolute Gasteiger partial charge is 0.136 e. The van der Waals surface area contributed by atoms with Crippen LogP contribution >= 0.6 is 0 Å². The largest absolute Gasteiger partial charge is 0.456 e. The van der Waals surface area contributed by atoms with Crippen LogP contribution in [0.3, 0.4) is 0 Å². The fourth-order valence-corrected chi connectivity index (χ4v) is 7.84. The summed E-state index contributed by atoms with van der Waals surface area (Å²) < 4.78 is 6.37. The summed E-state index contributed by atoms with van der Waals surface area (Å²) in [5, 5.41) is 7.74. The highest BCUT2D eigenvalue weighted by Gasteiger charge is 2.18. The van der Waals surface area contributed by atoms with Crippen molar-refractivity contribution in [3.8, 4) is 44.9 Å². The van der Waals surface area contributed by atoms with Gasteiger partial charge < -0.3 is 4.42 Å². The summed E-state index contributed by atoms with van der Waals surface area (Å²) >= 11 is 0. The van der Waals surface area contributed by atoms with Crippen molar-refractivity contribution in [2.45, 2.75) is 0 Å². The van der Waals surface area contributed by atoms with E-state index in [9.17, 15) is 0 Å². The summed E-state index contributed by atoms with van der Waals surface area (Å²) in [6.07, 6.45) is 0. The molecule has 4 aromatic heterocycles. The lowest BCUT2D eigenvalue weighted by Crippen LogP contribution is -1.92. The summed E-state index contributed by atoms with van der Waals surface area (Å²) in [6.45, 7) is 0. The molecule has 4 heteroatoms. The minimum absolute atomic E-state index is 0.877. The van der Waals surface area contributed by atoms with Gasteiger partial charge in [0.25, 0.3) is 0 Å². The Morgan fingerprint density at radius 3 is 1.64 bits per heavy atom. The zero-order valence-corrected chi connectivity index (χ0v) is 28.5. The van der Waals surface area contributed by atoms with Gasteiger partial charge in [0, 0.05) is 54.4 Å². The highest BCUT2D eigenvalue weighted by atomic mass is 16.3. The molecule has 0 saturated carbocycles. The molecule has 0 aliphatic rings. The lowest BCUT2D eigenvalue weighted by Gasteiger charge is -2.13. The van der Waals surface area contributed by atoms with Gasteiger partial charge in [0.2, 0.25) is 0 Å². The van der Waals surface area contributed by atoms with Gasteiger partial charge in [0.15, 0.2) is 0 Å². The van der Waals surface area contributed by atoms with Crippen molar-refractivity contribution in [3.05, 3.63) is 176 Å². The van der Waals surface area contributed by atoms with Gasteiger partial charge in [-0.1, -0.05) is 133 Å². The molecule has 0 unspecified atom stereocenters. The second-order valence-corrected chi connectivity index (χ2v) is 13.6. The molecule has 0 aliphatic heterocycles. The molecule has 0 aliphatic carbocycles. The quantitative estimate of drug-likeness (QED) is 0.174. The van der Waals surface area contributed by atoms with Gasteiger partial charge >= 0.3 is 0 Å². The molecule has 11 rings (SSSR count). The first kappa shape index (κ1) is 29.5. The van der Waals surface area contributed by atoms with Crippen LogP contribution in [-0.4, -0.2) is 15.0 Å². The van der Waals surface area contributed by atoms with Crippen molar-refractivity contribution in [3.63, 3.8) is 0 Å². The Labute approximate surface area is 304 Å². The van der Waals surface area contributed by atoms with Gasteiger partial charge in [-0.25, -0.2) is 15.0 Å². The van der Waals surface area contributed by atoms with Crippen molar-refractivity contribution in [1.82, 2.24) is 15.0 Å². The molecule has 0 bridgehead atoms. The highest BCUT2D eigenvalue weighted by molar-refractivity contribution is 6.28. The summed E-state index contributed by atoms with van der Waals surface area (Å²) in [6, 6.07) is 61.3. The van der Waals surface area contributed by atoms with E-state index < -0.39 is 0 Å². The van der Waals surface area contributed by atoms with Crippen molar-refractivity contribution < 1.29 is 4.42 Å². The fraction of sp³-hybridized carbons (Fsp3) is 0. The summed E-state index contributed by atoms with van der Waals surface area (Å²) in [5.74, 6) is 0. The van der Waals surface area contributed by atoms with E-state index in [1.807, 2.05) is 36.4 Å². The average Bonchev–Trinajstić information content (AvgIpc) is 3.62. The molecule has 246 valence electrons. The number of aromatic nitrogens is 3. The van der Waals surface area contributed by atoms with Gasteiger partial charge in [-0.05, 0) is 53.6 Å². The van der Waals surface area contributed by atoms with E-state index in [0.29, 0.717) is 0 Å². The van der Waals surface area contributed by atoms with Crippen LogP contribution < -0.4 is 0 Å². The second-order valence-electron chi connectivity index (χ2n) is 13.6. The van der Waals surface area contributed by atoms with Gasteiger partial charge in [-0.2, -0.15) is 0 Å². The van der Waals surface area contributed by atoms with Crippen LogP contribution in [0.2, 0.25) is 0 Å². The van der Waals surface area contributed by atoms with Crippen molar-refractivity contribution >= 4 is 65.4 Å². The number of nitrogens with zero attached hydrogens (tertiary/aromatic N) is 3. The summed E-state index contributed by atoms with van der Waals surface area (Å²) in [4.78, 5) is 15.5. The van der Waals surface area contributed by atoms with E-state index in [4.69, 9.17) is 19.4 Å². The first-order valence-corrected chi connectivity index (χ1v) is 17.9. The number of pyridine rings is 3. The van der Waals surface area contributed by atoms with E-state index >= 15 is 0 Å². The van der Waals surface area contributed by atoms with Crippen LogP contribution in [0.5, 0.6) is 0 Å². The number of hydrogen-bond acceptors (Lipinski definition) is 4. The van der Waals surface area contributed by atoms with Crippen LogP contribution in [0, 0.1) is 0 Å². The van der Waals surface area contributed by atoms with Crippen molar-refractivity contribution in [2.24, 2.45) is 0 Å². The van der Waals surface area contributed by atoms with Crippen LogP contribution in [0.4, 0.5) is 0 Å². The molecule has 0 radical (unpaired) electrons. The van der Waals surface area contributed by atoms with Gasteiger partial charge in [0.1, 0.15) is 11.2 Å². The van der Waals surface area contributed by atoms with Crippen LogP contribution in [0.25, 0.3) is 110 Å². The first-order chi connectivity index (χ1) is 26.2. The third kappa shape index (κ3) is 4.80. The molecule has 0 fully saturated rings. The standard InChI is InChI=1S/C49H29N3O/c1-3-9-31(10-4-1)40-25-21-34-19-20-35-22-26-41(51-49(35)48(34)50-40)32-17-15-30(16-18-32)36-23-27-42-39(29-36)45-38(47(52-42)33-11-5-2-6-12-33)24-28-44-46(45)37-13-7-8-14-43(37)53-44/h1-29H. The summed E-state index contributed by atoms with van der Waals surface area (Å²) in [5.41, 5.74) is 12.8. The Balaban J connectivity index is 1.04. The van der Waals surface area contributed by atoms with E-state index in [1.165, 1.54) is 0 Å². The number of para-hydroxylation sites is 1. The maximum absolute atomic E-state index is 6.37. The van der Waals surface area contributed by atoms with Gasteiger partial charge in [-0.15, -0.1) is 0 Å². The molecule has 53 heavy (non-hydrogen) atoms. The Hall–Kier alpha value is -7.17. The van der Waals surface area contributed by atoms with Crippen LogP contribution in [0.1, 0.15) is 0 Å². The molecule has 0 amide bonds. The normalized spacial score (nSPS) is 11.8. The van der Waals surface area contributed by atoms with Gasteiger partial charge in [0.05, 0.1) is 33.6 Å². The molecule has 0 spiro atoms. The monoisotopic (exact) mass is 675 g/mol. The molecule has 0 saturated heterocycles. The molecule has 0 atom stereocenters. The number of hydrogen-bond donors (Lipinski definition) is 0. The average molecular weight is 676 g/mol. The Morgan fingerprint density at radius 2 is 0.925 bits per heavy atom. The number of fused-ring (bicyclic) bond motifs is 10. The third-order valence-electron chi connectivity index (χ3n) is 10.4. The minimum Gasteiger partial charge on any atom is -0.456 e.